The number of thiocarbonyl (C=S) groups is 1. The van der Waals surface area contributed by atoms with E-state index in [1.165, 1.54) is 6.07 Å². The number of carbonyl (C=O) groups is 1. The minimum atomic E-state index is -0.374. The monoisotopic (exact) mass is 475 g/mol. The molecule has 0 bridgehead atoms. The molecule has 5 rings (SSSR count). The van der Waals surface area contributed by atoms with Gasteiger partial charge in [-0.15, -0.1) is 0 Å². The average molecular weight is 476 g/mol. The number of phenolic OH excluding ortho intramolecular Hbond substituents is 1. The highest BCUT2D eigenvalue weighted by atomic mass is 32.1. The molecule has 0 fully saturated rings. The lowest BCUT2D eigenvalue weighted by atomic mass is 10.1. The van der Waals surface area contributed by atoms with Crippen molar-refractivity contribution in [2.75, 3.05) is 5.32 Å². The molecule has 0 unspecified atom stereocenters. The van der Waals surface area contributed by atoms with Crippen molar-refractivity contribution in [3.8, 4) is 17.2 Å². The van der Waals surface area contributed by atoms with E-state index < -0.39 is 0 Å². The Kier molecular flexibility index (Phi) is 5.45. The number of benzene rings is 3. The van der Waals surface area contributed by atoms with E-state index in [9.17, 15) is 9.90 Å². The Morgan fingerprint density at radius 2 is 1.91 bits per heavy atom. The Bertz CT molecular complexity index is 1530. The number of nitrogens with one attached hydrogen (secondary N) is 2. The summed E-state index contributed by atoms with van der Waals surface area (Å²) in [6, 6.07) is 15.8. The fraction of sp³-hybridized carbons (Fsp3) is 0.0870. The molecule has 0 saturated heterocycles. The number of oxazole rings is 1. The summed E-state index contributed by atoms with van der Waals surface area (Å²) in [7, 11) is 0. The number of phenols is 1. The minimum Gasteiger partial charge on any atom is -0.507 e. The van der Waals surface area contributed by atoms with Crippen molar-refractivity contribution in [1.82, 2.24) is 19.0 Å². The van der Waals surface area contributed by atoms with Gasteiger partial charge in [0.25, 0.3) is 5.91 Å². The number of fused-ring (bicyclic) bond motifs is 2. The highest BCUT2D eigenvalue weighted by Gasteiger charge is 2.15. The number of aryl methyl sites for hydroxylation is 1. The van der Waals surface area contributed by atoms with Gasteiger partial charge >= 0.3 is 0 Å². The SMILES string of the molecule is CCc1ccc2oc(-c3ccc(NC(=S)NC(=O)c4ccc5nsnc5c4)cc3O)nc2c1. The van der Waals surface area contributed by atoms with Gasteiger partial charge in [0.05, 0.1) is 17.3 Å². The van der Waals surface area contributed by atoms with Gasteiger partial charge in [0.15, 0.2) is 10.7 Å². The van der Waals surface area contributed by atoms with Crippen molar-refractivity contribution >= 4 is 62.8 Å². The molecule has 1 amide bonds. The number of carbonyl (C=O) groups excluding carboxylic acids is 1. The molecule has 0 saturated carbocycles. The molecule has 10 heteroatoms. The highest BCUT2D eigenvalue weighted by Crippen LogP contribution is 2.33. The Hall–Kier alpha value is -3.89. The number of nitrogens with zero attached hydrogens (tertiary/aromatic N) is 3. The van der Waals surface area contributed by atoms with Crippen LogP contribution in [0.4, 0.5) is 5.69 Å². The predicted molar refractivity (Wildman–Crippen MR) is 132 cm³/mol. The molecule has 0 aliphatic heterocycles. The second kappa shape index (κ2) is 8.57. The van der Waals surface area contributed by atoms with E-state index in [0.717, 1.165) is 34.7 Å². The lowest BCUT2D eigenvalue weighted by Gasteiger charge is -2.11. The lowest BCUT2D eigenvalue weighted by Crippen LogP contribution is -2.34. The molecule has 3 aromatic carbocycles. The fourth-order valence-corrected chi connectivity index (χ4v) is 4.09. The van der Waals surface area contributed by atoms with Crippen LogP contribution < -0.4 is 10.6 Å². The van der Waals surface area contributed by atoms with Gasteiger partial charge in [-0.1, -0.05) is 13.0 Å². The van der Waals surface area contributed by atoms with Gasteiger partial charge in [0.2, 0.25) is 5.89 Å². The summed E-state index contributed by atoms with van der Waals surface area (Å²) in [6.45, 7) is 2.07. The van der Waals surface area contributed by atoms with Crippen LogP contribution in [0.3, 0.4) is 0 Å². The highest BCUT2D eigenvalue weighted by molar-refractivity contribution is 7.80. The van der Waals surface area contributed by atoms with Crippen LogP contribution in [0, 0.1) is 0 Å². The van der Waals surface area contributed by atoms with E-state index in [0.29, 0.717) is 33.8 Å². The Morgan fingerprint density at radius 1 is 1.06 bits per heavy atom. The van der Waals surface area contributed by atoms with Crippen LogP contribution in [0.1, 0.15) is 22.8 Å². The van der Waals surface area contributed by atoms with Crippen molar-refractivity contribution in [1.29, 1.82) is 0 Å². The second-order valence-corrected chi connectivity index (χ2v) is 8.22. The molecular formula is C23H17N5O3S2. The van der Waals surface area contributed by atoms with Gasteiger partial charge in [-0.25, -0.2) is 4.98 Å². The summed E-state index contributed by atoms with van der Waals surface area (Å²) in [5.41, 5.74) is 5.31. The maximum atomic E-state index is 12.5. The molecule has 164 valence electrons. The zero-order chi connectivity index (χ0) is 22.9. The van der Waals surface area contributed by atoms with E-state index in [1.807, 2.05) is 18.2 Å². The third kappa shape index (κ3) is 4.26. The first-order valence-electron chi connectivity index (χ1n) is 10.1. The van der Waals surface area contributed by atoms with Crippen LogP contribution in [0.2, 0.25) is 0 Å². The third-order valence-electron chi connectivity index (χ3n) is 5.09. The van der Waals surface area contributed by atoms with Crippen molar-refractivity contribution in [2.45, 2.75) is 13.3 Å². The van der Waals surface area contributed by atoms with Crippen LogP contribution in [0.5, 0.6) is 5.75 Å². The second-order valence-electron chi connectivity index (χ2n) is 7.28. The van der Waals surface area contributed by atoms with Crippen molar-refractivity contribution < 1.29 is 14.3 Å². The quantitative estimate of drug-likeness (QED) is 0.315. The van der Waals surface area contributed by atoms with E-state index >= 15 is 0 Å². The number of aromatic nitrogens is 3. The van der Waals surface area contributed by atoms with Gasteiger partial charge in [-0.2, -0.15) is 8.75 Å². The van der Waals surface area contributed by atoms with Crippen LogP contribution in [-0.4, -0.2) is 29.9 Å². The van der Waals surface area contributed by atoms with Gasteiger partial charge in [0, 0.05) is 17.3 Å². The fourth-order valence-electron chi connectivity index (χ4n) is 3.36. The molecule has 0 spiro atoms. The molecule has 5 aromatic rings. The van der Waals surface area contributed by atoms with Crippen molar-refractivity contribution in [2.24, 2.45) is 0 Å². The topological polar surface area (TPSA) is 113 Å². The zero-order valence-electron chi connectivity index (χ0n) is 17.3. The van der Waals surface area contributed by atoms with Crippen LogP contribution in [-0.2, 0) is 6.42 Å². The molecule has 33 heavy (non-hydrogen) atoms. The van der Waals surface area contributed by atoms with Gasteiger partial charge < -0.3 is 14.8 Å². The van der Waals surface area contributed by atoms with Gasteiger partial charge in [-0.05, 0) is 66.7 Å². The maximum Gasteiger partial charge on any atom is 0.257 e. The molecule has 0 atom stereocenters. The van der Waals surface area contributed by atoms with Crippen molar-refractivity contribution in [3.05, 3.63) is 65.7 Å². The van der Waals surface area contributed by atoms with E-state index in [1.54, 1.807) is 30.3 Å². The first kappa shape index (κ1) is 21.0. The first-order valence-corrected chi connectivity index (χ1v) is 11.2. The van der Waals surface area contributed by atoms with E-state index in [-0.39, 0.29) is 16.8 Å². The molecular weight excluding hydrogens is 458 g/mol. The average Bonchev–Trinajstić information content (AvgIpc) is 3.44. The molecule has 0 aliphatic rings. The number of aromatic hydroxyl groups is 1. The largest absolute Gasteiger partial charge is 0.507 e. The molecule has 0 radical (unpaired) electrons. The predicted octanol–water partition coefficient (Wildman–Crippen LogP) is 4.89. The molecule has 3 N–H and O–H groups in total. The summed E-state index contributed by atoms with van der Waals surface area (Å²) in [4.78, 5) is 17.0. The number of anilines is 1. The van der Waals surface area contributed by atoms with Gasteiger partial charge in [0.1, 0.15) is 22.3 Å². The number of hydrogen-bond donors (Lipinski definition) is 3. The standard InChI is InChI=1S/C23H17N5O3S2/c1-2-12-3-8-20-18(9-12)25-22(31-20)15-6-5-14(11-19(15)29)24-23(32)26-21(30)13-4-7-16-17(10-13)28-33-27-16/h3-11,29H,2H2,1H3,(H2,24,26,30,32). The summed E-state index contributed by atoms with van der Waals surface area (Å²) in [5.74, 6) is -0.0795. The Morgan fingerprint density at radius 3 is 2.73 bits per heavy atom. The van der Waals surface area contributed by atoms with Crippen molar-refractivity contribution in [3.63, 3.8) is 0 Å². The first-order chi connectivity index (χ1) is 16.0. The molecule has 2 heterocycles. The maximum absolute atomic E-state index is 12.5. The summed E-state index contributed by atoms with van der Waals surface area (Å²) < 4.78 is 14.1. The molecule has 2 aromatic heterocycles. The van der Waals surface area contributed by atoms with Gasteiger partial charge in [-0.3, -0.25) is 10.1 Å². The smallest absolute Gasteiger partial charge is 0.257 e. The Labute approximate surface area is 197 Å². The summed E-state index contributed by atoms with van der Waals surface area (Å²) in [6.07, 6.45) is 0.900. The minimum absolute atomic E-state index is 0.0297. The van der Waals surface area contributed by atoms with Crippen LogP contribution in [0.25, 0.3) is 33.6 Å². The summed E-state index contributed by atoms with van der Waals surface area (Å²) in [5, 5.41) is 16.2. The van der Waals surface area contributed by atoms with Crippen LogP contribution >= 0.6 is 23.9 Å². The van der Waals surface area contributed by atoms with Crippen LogP contribution in [0.15, 0.2) is 59.0 Å². The zero-order valence-corrected chi connectivity index (χ0v) is 19.0. The van der Waals surface area contributed by atoms with E-state index in [4.69, 9.17) is 16.6 Å². The third-order valence-corrected chi connectivity index (χ3v) is 5.85. The molecule has 8 nitrogen and oxygen atoms in total. The number of rotatable bonds is 4. The molecule has 0 aliphatic carbocycles. The Balaban J connectivity index is 1.29. The normalized spacial score (nSPS) is 11.1. The van der Waals surface area contributed by atoms with E-state index in [2.05, 4.69) is 31.3 Å². The number of amides is 1. The summed E-state index contributed by atoms with van der Waals surface area (Å²) >= 11 is 6.33. The number of hydrogen-bond acceptors (Lipinski definition) is 8. The lowest BCUT2D eigenvalue weighted by molar-refractivity contribution is 0.0978.